The number of benzene rings is 1. The Morgan fingerprint density at radius 3 is 2.50 bits per heavy atom. The van der Waals surface area contributed by atoms with Gasteiger partial charge >= 0.3 is 5.97 Å². The van der Waals surface area contributed by atoms with Crippen LogP contribution < -0.4 is 10.5 Å². The lowest BCUT2D eigenvalue weighted by Crippen LogP contribution is -2.36. The number of H-pyrrole nitrogens is 1. The Morgan fingerprint density at radius 1 is 1.15 bits per heavy atom. The molecule has 0 saturated heterocycles. The highest BCUT2D eigenvalue weighted by atomic mass is 16.4. The zero-order valence-corrected chi connectivity index (χ0v) is 15.2. The van der Waals surface area contributed by atoms with Gasteiger partial charge in [0, 0.05) is 24.6 Å². The number of hydrogen-bond donors (Lipinski definition) is 2. The van der Waals surface area contributed by atoms with Crippen LogP contribution in [0, 0.1) is 0 Å². The molecule has 1 amide bonds. The number of aromatic amines is 1. The number of rotatable bonds is 9. The summed E-state index contributed by atoms with van der Waals surface area (Å²) in [6.45, 7) is 3.89. The average Bonchev–Trinajstić information content (AvgIpc) is 2.57. The summed E-state index contributed by atoms with van der Waals surface area (Å²) in [4.78, 5) is 43.2. The van der Waals surface area contributed by atoms with Crippen LogP contribution in [-0.2, 0) is 9.59 Å². The third-order valence-electron chi connectivity index (χ3n) is 4.15. The van der Waals surface area contributed by atoms with Gasteiger partial charge in [-0.15, -0.1) is 0 Å². The molecule has 26 heavy (non-hydrogen) atoms. The predicted octanol–water partition coefficient (Wildman–Crippen LogP) is 3.09. The Labute approximate surface area is 152 Å². The molecule has 0 aliphatic carbocycles. The summed E-state index contributed by atoms with van der Waals surface area (Å²) in [7, 11) is 0. The molecule has 1 heterocycles. The van der Waals surface area contributed by atoms with Gasteiger partial charge in [-0.2, -0.15) is 0 Å². The molecule has 2 aromatic rings. The number of carboxylic acids is 1. The van der Waals surface area contributed by atoms with E-state index in [0.29, 0.717) is 23.9 Å². The van der Waals surface area contributed by atoms with Crippen molar-refractivity contribution in [3.63, 3.8) is 0 Å². The molecule has 0 unspecified atom stereocenters. The molecule has 0 radical (unpaired) electrons. The lowest BCUT2D eigenvalue weighted by molar-refractivity contribution is -0.137. The molecule has 140 valence electrons. The Bertz CT molecular complexity index is 829. The van der Waals surface area contributed by atoms with Gasteiger partial charge in [0.05, 0.1) is 17.2 Å². The van der Waals surface area contributed by atoms with E-state index in [1.165, 1.54) is 6.20 Å². The van der Waals surface area contributed by atoms with Crippen LogP contribution in [0.4, 0.5) is 5.69 Å². The van der Waals surface area contributed by atoms with Crippen molar-refractivity contribution in [1.82, 2.24) is 9.97 Å². The first-order chi connectivity index (χ1) is 12.4. The minimum absolute atomic E-state index is 0.0174. The van der Waals surface area contributed by atoms with E-state index in [4.69, 9.17) is 5.11 Å². The van der Waals surface area contributed by atoms with Gasteiger partial charge in [-0.25, -0.2) is 4.98 Å². The zero-order chi connectivity index (χ0) is 19.1. The van der Waals surface area contributed by atoms with Crippen LogP contribution in [0.2, 0.25) is 0 Å². The fourth-order valence-electron chi connectivity index (χ4n) is 2.94. The summed E-state index contributed by atoms with van der Waals surface area (Å²) in [5.41, 5.74) is 1.72. The van der Waals surface area contributed by atoms with Crippen molar-refractivity contribution in [3.05, 3.63) is 34.7 Å². The van der Waals surface area contributed by atoms with Crippen LogP contribution in [0.1, 0.15) is 52.4 Å². The van der Waals surface area contributed by atoms with Crippen LogP contribution in [0.5, 0.6) is 0 Å². The third-order valence-corrected chi connectivity index (χ3v) is 4.15. The first kappa shape index (κ1) is 19.6. The molecule has 0 spiro atoms. The summed E-state index contributed by atoms with van der Waals surface area (Å²) < 4.78 is 0. The van der Waals surface area contributed by atoms with Gasteiger partial charge < -0.3 is 15.0 Å². The molecule has 7 heteroatoms. The maximum absolute atomic E-state index is 12.7. The maximum atomic E-state index is 12.7. The SMILES string of the molecule is CC(C)N(C(=O)CCCCCCC(=O)O)c1ccc2ncc(=O)[nH]c2c1. The zero-order valence-electron chi connectivity index (χ0n) is 15.2. The molecule has 0 fully saturated rings. The lowest BCUT2D eigenvalue weighted by atomic mass is 10.1. The second-order valence-corrected chi connectivity index (χ2v) is 6.61. The molecular weight excluding hydrogens is 334 g/mol. The van der Waals surface area contributed by atoms with Crippen molar-refractivity contribution in [2.45, 2.75) is 58.4 Å². The number of carboxylic acid groups (broad SMARTS) is 1. The molecule has 0 bridgehead atoms. The van der Waals surface area contributed by atoms with Gasteiger partial charge in [0.25, 0.3) is 5.56 Å². The van der Waals surface area contributed by atoms with Crippen molar-refractivity contribution < 1.29 is 14.7 Å². The van der Waals surface area contributed by atoms with Crippen LogP contribution >= 0.6 is 0 Å². The Kier molecular flexibility index (Phi) is 6.89. The number of carbonyl (C=O) groups excluding carboxylic acids is 1. The lowest BCUT2D eigenvalue weighted by Gasteiger charge is -2.27. The molecule has 1 aromatic heterocycles. The van der Waals surface area contributed by atoms with Crippen LogP contribution in [0.15, 0.2) is 29.2 Å². The van der Waals surface area contributed by atoms with Crippen molar-refractivity contribution in [2.24, 2.45) is 0 Å². The second kappa shape index (κ2) is 9.12. The summed E-state index contributed by atoms with van der Waals surface area (Å²) in [5, 5.41) is 8.62. The smallest absolute Gasteiger partial charge is 0.303 e. The average molecular weight is 359 g/mol. The number of nitrogens with zero attached hydrogens (tertiary/aromatic N) is 2. The highest BCUT2D eigenvalue weighted by Gasteiger charge is 2.19. The van der Waals surface area contributed by atoms with Gasteiger partial charge in [-0.05, 0) is 44.9 Å². The number of aliphatic carboxylic acids is 1. The number of anilines is 1. The van der Waals surface area contributed by atoms with Gasteiger partial charge in [0.2, 0.25) is 5.91 Å². The largest absolute Gasteiger partial charge is 0.481 e. The molecule has 2 rings (SSSR count). The number of unbranched alkanes of at least 4 members (excludes halogenated alkanes) is 3. The quantitative estimate of drug-likeness (QED) is 0.670. The van der Waals surface area contributed by atoms with E-state index in [1.807, 2.05) is 19.9 Å². The summed E-state index contributed by atoms with van der Waals surface area (Å²) in [6.07, 6.45) is 4.83. The summed E-state index contributed by atoms with van der Waals surface area (Å²) in [6, 6.07) is 5.37. The minimum atomic E-state index is -0.782. The first-order valence-electron chi connectivity index (χ1n) is 8.91. The van der Waals surface area contributed by atoms with Gasteiger partial charge in [0.15, 0.2) is 0 Å². The fraction of sp³-hybridized carbons (Fsp3) is 0.474. The number of aromatic nitrogens is 2. The molecule has 0 aliphatic heterocycles. The normalized spacial score (nSPS) is 11.0. The number of amides is 1. The van der Waals surface area contributed by atoms with Crippen molar-refractivity contribution >= 4 is 28.6 Å². The van der Waals surface area contributed by atoms with E-state index in [1.54, 1.807) is 17.0 Å². The first-order valence-corrected chi connectivity index (χ1v) is 8.91. The van der Waals surface area contributed by atoms with E-state index in [-0.39, 0.29) is 23.9 Å². The Morgan fingerprint density at radius 2 is 1.85 bits per heavy atom. The molecule has 0 saturated carbocycles. The van der Waals surface area contributed by atoms with Crippen molar-refractivity contribution in [1.29, 1.82) is 0 Å². The molecule has 0 aliphatic rings. The fourth-order valence-corrected chi connectivity index (χ4v) is 2.94. The highest BCUT2D eigenvalue weighted by Crippen LogP contribution is 2.22. The summed E-state index contributed by atoms with van der Waals surface area (Å²) >= 11 is 0. The van der Waals surface area contributed by atoms with Gasteiger partial charge in [-0.1, -0.05) is 12.8 Å². The predicted molar refractivity (Wildman–Crippen MR) is 100 cm³/mol. The third kappa shape index (κ3) is 5.40. The number of hydrogen-bond acceptors (Lipinski definition) is 4. The maximum Gasteiger partial charge on any atom is 0.303 e. The number of fused-ring (bicyclic) bond motifs is 1. The van der Waals surface area contributed by atoms with E-state index >= 15 is 0 Å². The van der Waals surface area contributed by atoms with E-state index in [9.17, 15) is 14.4 Å². The van der Waals surface area contributed by atoms with E-state index in [2.05, 4.69) is 9.97 Å². The van der Waals surface area contributed by atoms with E-state index in [0.717, 1.165) is 24.9 Å². The van der Waals surface area contributed by atoms with Crippen LogP contribution in [0.25, 0.3) is 11.0 Å². The topological polar surface area (TPSA) is 103 Å². The Hall–Kier alpha value is -2.70. The number of carbonyl (C=O) groups is 2. The van der Waals surface area contributed by atoms with Crippen LogP contribution in [-0.4, -0.2) is 33.0 Å². The standard InChI is InChI=1S/C19H25N3O4/c1-13(2)22(18(24)7-5-3-4-6-8-19(25)26)14-9-10-15-16(11-14)21-17(23)12-20-15/h9-13H,3-8H2,1-2H3,(H,21,23)(H,25,26). The molecular formula is C19H25N3O4. The van der Waals surface area contributed by atoms with Gasteiger partial charge in [-0.3, -0.25) is 14.4 Å². The minimum Gasteiger partial charge on any atom is -0.481 e. The molecule has 2 N–H and O–H groups in total. The monoisotopic (exact) mass is 359 g/mol. The summed E-state index contributed by atoms with van der Waals surface area (Å²) in [5.74, 6) is -0.764. The highest BCUT2D eigenvalue weighted by molar-refractivity contribution is 5.95. The Balaban J connectivity index is 2.02. The number of nitrogens with one attached hydrogen (secondary N) is 1. The van der Waals surface area contributed by atoms with Crippen LogP contribution in [0.3, 0.4) is 0 Å². The molecule has 7 nitrogen and oxygen atoms in total. The van der Waals surface area contributed by atoms with Gasteiger partial charge in [0.1, 0.15) is 0 Å². The second-order valence-electron chi connectivity index (χ2n) is 6.61. The van der Waals surface area contributed by atoms with Crippen molar-refractivity contribution in [2.75, 3.05) is 4.90 Å². The molecule has 0 atom stereocenters. The van der Waals surface area contributed by atoms with E-state index < -0.39 is 5.97 Å². The van der Waals surface area contributed by atoms with Crippen molar-refractivity contribution in [3.8, 4) is 0 Å². The molecule has 1 aromatic carbocycles.